The van der Waals surface area contributed by atoms with Crippen molar-refractivity contribution in [1.29, 1.82) is 5.26 Å². The number of carbonyl (C=O) groups excluding carboxylic acids is 1. The van der Waals surface area contributed by atoms with Crippen molar-refractivity contribution in [2.24, 2.45) is 0 Å². The maximum atomic E-state index is 10.7. The lowest BCUT2D eigenvalue weighted by Gasteiger charge is -2.01. The van der Waals surface area contributed by atoms with Crippen LogP contribution in [0.5, 0.6) is 0 Å². The maximum absolute atomic E-state index is 10.7. The van der Waals surface area contributed by atoms with Crippen LogP contribution in [0.2, 0.25) is 0 Å². The molecule has 0 bridgehead atoms. The first-order valence-corrected chi connectivity index (χ1v) is 4.28. The summed E-state index contributed by atoms with van der Waals surface area (Å²) in [4.78, 5) is 10.7. The van der Waals surface area contributed by atoms with E-state index >= 15 is 0 Å². The van der Waals surface area contributed by atoms with Gasteiger partial charge in [0.15, 0.2) is 0 Å². The number of esters is 1. The Bertz CT molecular complexity index is 419. The van der Waals surface area contributed by atoms with Gasteiger partial charge < -0.3 is 10.1 Å². The number of hydrogen-bond donors (Lipinski definition) is 1. The Morgan fingerprint density at radius 1 is 1.53 bits per heavy atom. The number of benzene rings is 1. The Morgan fingerprint density at radius 3 is 2.93 bits per heavy atom. The van der Waals surface area contributed by atoms with E-state index in [-0.39, 0.29) is 0 Å². The second kappa shape index (κ2) is 5.45. The summed E-state index contributed by atoms with van der Waals surface area (Å²) in [5.74, 6) is -0.447. The van der Waals surface area contributed by atoms with Gasteiger partial charge in [0, 0.05) is 12.3 Å². The van der Waals surface area contributed by atoms with Crippen molar-refractivity contribution >= 4 is 11.7 Å². The van der Waals surface area contributed by atoms with Crippen molar-refractivity contribution in [2.75, 3.05) is 12.4 Å². The lowest BCUT2D eigenvalue weighted by atomic mass is 10.2. The number of hydrogen-bond acceptors (Lipinski definition) is 4. The third-order valence-electron chi connectivity index (χ3n) is 1.71. The number of rotatable bonds is 3. The fourth-order valence-electron chi connectivity index (χ4n) is 0.974. The van der Waals surface area contributed by atoms with Gasteiger partial charge in [-0.15, -0.1) is 0 Å². The van der Waals surface area contributed by atoms with Crippen molar-refractivity contribution in [3.8, 4) is 6.07 Å². The number of anilines is 1. The number of nitrogens with zero attached hydrogens (tertiary/aromatic N) is 1. The predicted molar refractivity (Wildman–Crippen MR) is 55.9 cm³/mol. The van der Waals surface area contributed by atoms with Crippen LogP contribution in [0.3, 0.4) is 0 Å². The molecule has 0 heterocycles. The van der Waals surface area contributed by atoms with Crippen LogP contribution < -0.4 is 5.32 Å². The molecule has 0 aliphatic heterocycles. The van der Waals surface area contributed by atoms with Gasteiger partial charge in [-0.05, 0) is 12.1 Å². The molecule has 0 aliphatic rings. The number of para-hydroxylation sites is 1. The predicted octanol–water partition coefficient (Wildman–Crippen LogP) is 1.66. The van der Waals surface area contributed by atoms with E-state index < -0.39 is 5.97 Å². The van der Waals surface area contributed by atoms with Gasteiger partial charge in [0.2, 0.25) is 0 Å². The highest BCUT2D eigenvalue weighted by Crippen LogP contribution is 2.12. The minimum absolute atomic E-state index is 0.447. The number of nitrogens with one attached hydrogen (secondary N) is 1. The zero-order valence-electron chi connectivity index (χ0n) is 8.23. The first kappa shape index (κ1) is 10.8. The molecule has 1 rings (SSSR count). The molecule has 0 atom stereocenters. The molecule has 1 N–H and O–H groups in total. The van der Waals surface area contributed by atoms with E-state index in [0.29, 0.717) is 11.3 Å². The molecule has 0 radical (unpaired) electrons. The van der Waals surface area contributed by atoms with Gasteiger partial charge >= 0.3 is 5.97 Å². The summed E-state index contributed by atoms with van der Waals surface area (Å²) in [6.07, 6.45) is 2.68. The highest BCUT2D eigenvalue weighted by Gasteiger charge is 1.97. The van der Waals surface area contributed by atoms with Crippen LogP contribution >= 0.6 is 0 Å². The summed E-state index contributed by atoms with van der Waals surface area (Å²) < 4.78 is 4.41. The minimum atomic E-state index is -0.447. The van der Waals surface area contributed by atoms with Gasteiger partial charge in [0.25, 0.3) is 0 Å². The zero-order chi connectivity index (χ0) is 11.1. The molecular formula is C11H10N2O2. The molecule has 0 saturated heterocycles. The van der Waals surface area contributed by atoms with Crippen LogP contribution in [-0.4, -0.2) is 13.1 Å². The molecule has 0 unspecified atom stereocenters. The van der Waals surface area contributed by atoms with Crippen molar-refractivity contribution < 1.29 is 9.53 Å². The van der Waals surface area contributed by atoms with Crippen LogP contribution in [0, 0.1) is 11.3 Å². The standard InChI is InChI=1S/C11H10N2O2/c1-15-11(14)6-7-13-10-5-3-2-4-9(10)8-12/h2-7,13H,1H3/b7-6+. The summed E-state index contributed by atoms with van der Waals surface area (Å²) in [6.45, 7) is 0. The Kier molecular flexibility index (Phi) is 3.92. The van der Waals surface area contributed by atoms with E-state index in [0.717, 1.165) is 0 Å². The average molecular weight is 202 g/mol. The molecule has 76 valence electrons. The van der Waals surface area contributed by atoms with Crippen molar-refractivity contribution in [3.63, 3.8) is 0 Å². The Labute approximate surface area is 87.8 Å². The van der Waals surface area contributed by atoms with Gasteiger partial charge in [0.05, 0.1) is 18.4 Å². The normalized spacial score (nSPS) is 9.60. The van der Waals surface area contributed by atoms with Gasteiger partial charge in [-0.2, -0.15) is 5.26 Å². The van der Waals surface area contributed by atoms with Crippen LogP contribution in [0.4, 0.5) is 5.69 Å². The van der Waals surface area contributed by atoms with Crippen LogP contribution in [0.1, 0.15) is 5.56 Å². The molecule has 0 spiro atoms. The molecule has 1 aromatic carbocycles. The second-order valence-electron chi connectivity index (χ2n) is 2.66. The molecule has 0 aliphatic carbocycles. The molecule has 4 heteroatoms. The highest BCUT2D eigenvalue weighted by atomic mass is 16.5. The van der Waals surface area contributed by atoms with Crippen LogP contribution in [0.15, 0.2) is 36.5 Å². The number of nitriles is 1. The van der Waals surface area contributed by atoms with Gasteiger partial charge in [0.1, 0.15) is 6.07 Å². The molecule has 15 heavy (non-hydrogen) atoms. The van der Waals surface area contributed by atoms with E-state index in [4.69, 9.17) is 5.26 Å². The zero-order valence-corrected chi connectivity index (χ0v) is 8.23. The first-order valence-electron chi connectivity index (χ1n) is 4.28. The quantitative estimate of drug-likeness (QED) is 0.598. The lowest BCUT2D eigenvalue weighted by molar-refractivity contribution is -0.134. The summed E-state index contributed by atoms with van der Waals surface area (Å²) >= 11 is 0. The summed E-state index contributed by atoms with van der Waals surface area (Å²) in [6, 6.07) is 9.05. The number of carbonyl (C=O) groups is 1. The summed E-state index contributed by atoms with van der Waals surface area (Å²) in [7, 11) is 1.30. The molecule has 0 fully saturated rings. The van der Waals surface area contributed by atoms with Crippen molar-refractivity contribution in [3.05, 3.63) is 42.1 Å². The fourth-order valence-corrected chi connectivity index (χ4v) is 0.974. The van der Waals surface area contributed by atoms with E-state index in [2.05, 4.69) is 10.1 Å². The maximum Gasteiger partial charge on any atom is 0.331 e. The first-order chi connectivity index (χ1) is 7.27. The highest BCUT2D eigenvalue weighted by molar-refractivity contribution is 5.82. The minimum Gasteiger partial charge on any atom is -0.466 e. The Hall–Kier alpha value is -2.28. The van der Waals surface area contributed by atoms with E-state index in [9.17, 15) is 4.79 Å². The summed E-state index contributed by atoms with van der Waals surface area (Å²) in [5.41, 5.74) is 1.17. The molecule has 4 nitrogen and oxygen atoms in total. The lowest BCUT2D eigenvalue weighted by Crippen LogP contribution is -1.97. The summed E-state index contributed by atoms with van der Waals surface area (Å²) in [5, 5.41) is 11.6. The average Bonchev–Trinajstić information content (AvgIpc) is 2.29. The Morgan fingerprint density at radius 2 is 2.27 bits per heavy atom. The third kappa shape index (κ3) is 3.16. The van der Waals surface area contributed by atoms with Gasteiger partial charge in [-0.3, -0.25) is 0 Å². The third-order valence-corrected chi connectivity index (χ3v) is 1.71. The second-order valence-corrected chi connectivity index (χ2v) is 2.66. The van der Waals surface area contributed by atoms with Crippen LogP contribution in [0.25, 0.3) is 0 Å². The van der Waals surface area contributed by atoms with Gasteiger partial charge in [-0.1, -0.05) is 12.1 Å². The fraction of sp³-hybridized carbons (Fsp3) is 0.0909. The van der Waals surface area contributed by atoms with Crippen LogP contribution in [-0.2, 0) is 9.53 Å². The Balaban J connectivity index is 2.70. The molecule has 0 saturated carbocycles. The number of methoxy groups -OCH3 is 1. The molecular weight excluding hydrogens is 192 g/mol. The van der Waals surface area contributed by atoms with Crippen molar-refractivity contribution in [2.45, 2.75) is 0 Å². The van der Waals surface area contributed by atoms with E-state index in [1.807, 2.05) is 6.07 Å². The molecule has 0 amide bonds. The smallest absolute Gasteiger partial charge is 0.331 e. The molecule has 0 aromatic heterocycles. The van der Waals surface area contributed by atoms with E-state index in [1.54, 1.807) is 24.3 Å². The van der Waals surface area contributed by atoms with Gasteiger partial charge in [-0.25, -0.2) is 4.79 Å². The SMILES string of the molecule is COC(=O)/C=C/Nc1ccccc1C#N. The monoisotopic (exact) mass is 202 g/mol. The van der Waals surface area contributed by atoms with E-state index in [1.165, 1.54) is 19.4 Å². The number of ether oxygens (including phenoxy) is 1. The largest absolute Gasteiger partial charge is 0.466 e. The van der Waals surface area contributed by atoms with Crippen molar-refractivity contribution in [1.82, 2.24) is 0 Å². The molecule has 1 aromatic rings. The topological polar surface area (TPSA) is 62.1 Å².